The molecule has 0 aliphatic rings. The zero-order valence-corrected chi connectivity index (χ0v) is 5.34. The molecule has 3 N–H and O–H groups in total. The van der Waals surface area contributed by atoms with Gasteiger partial charge in [0.1, 0.15) is 0 Å². The van der Waals surface area contributed by atoms with E-state index in [1.54, 1.807) is 0 Å². The van der Waals surface area contributed by atoms with Gasteiger partial charge in [-0.15, -0.1) is 0 Å². The molecule has 0 aromatic rings. The molecule has 0 bridgehead atoms. The van der Waals surface area contributed by atoms with Crippen molar-refractivity contribution >= 4 is 23.2 Å². The Hall–Kier alpha value is 0.500. The van der Waals surface area contributed by atoms with Gasteiger partial charge in [0.25, 0.3) is 0 Å². The van der Waals surface area contributed by atoms with Gasteiger partial charge >= 0.3 is 0 Å². The van der Waals surface area contributed by atoms with E-state index in [9.17, 15) is 0 Å². The Morgan fingerprint density at radius 3 is 2.29 bits per heavy atom. The first-order valence-electron chi connectivity index (χ1n) is 1.99. The van der Waals surface area contributed by atoms with Crippen molar-refractivity contribution < 1.29 is 0 Å². The van der Waals surface area contributed by atoms with Crippen molar-refractivity contribution in [1.29, 1.82) is 0 Å². The van der Waals surface area contributed by atoms with E-state index in [1.807, 2.05) is 0 Å². The molecule has 0 aliphatic heterocycles. The summed E-state index contributed by atoms with van der Waals surface area (Å²) in [4.78, 5) is -0.483. The lowest BCUT2D eigenvalue weighted by Crippen LogP contribution is -2.25. The summed E-state index contributed by atoms with van der Waals surface area (Å²) >= 11 is 10.5. The Morgan fingerprint density at radius 1 is 1.57 bits per heavy atom. The quantitative estimate of drug-likeness (QED) is 0.440. The predicted molar refractivity (Wildman–Crippen MR) is 32.6 cm³/mol. The summed E-state index contributed by atoms with van der Waals surface area (Å²) in [6, 6.07) is 0. The monoisotopic (exact) mass is 142 g/mol. The topological polar surface area (TPSA) is 38.0 Å². The standard InChI is InChI=1S/C3H8Cl2N2/c4-3(5)7-2-1-6/h3,7H,1-2,6H2. The Kier molecular flexibility index (Phi) is 4.99. The van der Waals surface area contributed by atoms with E-state index in [1.165, 1.54) is 0 Å². The Morgan fingerprint density at radius 2 is 2.14 bits per heavy atom. The maximum absolute atomic E-state index is 5.26. The largest absolute Gasteiger partial charge is 0.329 e. The minimum atomic E-state index is -0.483. The summed E-state index contributed by atoms with van der Waals surface area (Å²) in [5.74, 6) is 0. The van der Waals surface area contributed by atoms with Gasteiger partial charge < -0.3 is 5.73 Å². The fourth-order valence-corrected chi connectivity index (χ4v) is 0.411. The van der Waals surface area contributed by atoms with Crippen molar-refractivity contribution in [2.45, 2.75) is 4.96 Å². The molecule has 44 valence electrons. The molecule has 0 amide bonds. The summed E-state index contributed by atoms with van der Waals surface area (Å²) in [7, 11) is 0. The molecule has 0 fully saturated rings. The normalized spacial score (nSPS) is 10.3. The molecule has 0 saturated carbocycles. The second-order valence-corrected chi connectivity index (χ2v) is 2.14. The lowest BCUT2D eigenvalue weighted by atomic mass is 10.7. The number of alkyl halides is 2. The molecule has 0 heterocycles. The lowest BCUT2D eigenvalue weighted by Gasteiger charge is -1.99. The van der Waals surface area contributed by atoms with E-state index in [0.717, 1.165) is 0 Å². The molecule has 7 heavy (non-hydrogen) atoms. The van der Waals surface area contributed by atoms with Crippen LogP contribution in [0.1, 0.15) is 0 Å². The molecule has 0 aromatic heterocycles. The number of hydrogen-bond acceptors (Lipinski definition) is 2. The summed E-state index contributed by atoms with van der Waals surface area (Å²) in [6.07, 6.45) is 0. The number of halogens is 2. The van der Waals surface area contributed by atoms with E-state index in [4.69, 9.17) is 28.9 Å². The van der Waals surface area contributed by atoms with Gasteiger partial charge in [0.15, 0.2) is 4.96 Å². The van der Waals surface area contributed by atoms with Crippen molar-refractivity contribution in [3.8, 4) is 0 Å². The van der Waals surface area contributed by atoms with Crippen molar-refractivity contribution in [3.63, 3.8) is 0 Å². The molecule has 0 aliphatic carbocycles. The number of rotatable bonds is 3. The summed E-state index contributed by atoms with van der Waals surface area (Å²) in [5, 5.41) is 2.70. The van der Waals surface area contributed by atoms with E-state index >= 15 is 0 Å². The highest BCUT2D eigenvalue weighted by atomic mass is 35.5. The van der Waals surface area contributed by atoms with Crippen LogP contribution in [0.4, 0.5) is 0 Å². The molecule has 0 spiro atoms. The lowest BCUT2D eigenvalue weighted by molar-refractivity contribution is 0.750. The second-order valence-electron chi connectivity index (χ2n) is 1.04. The van der Waals surface area contributed by atoms with Gasteiger partial charge in [-0.1, -0.05) is 23.2 Å². The van der Waals surface area contributed by atoms with Crippen molar-refractivity contribution in [2.75, 3.05) is 13.1 Å². The first kappa shape index (κ1) is 7.50. The van der Waals surface area contributed by atoms with Gasteiger partial charge in [0.2, 0.25) is 0 Å². The van der Waals surface area contributed by atoms with E-state index in [-0.39, 0.29) is 0 Å². The maximum Gasteiger partial charge on any atom is 0.158 e. The zero-order chi connectivity index (χ0) is 5.70. The molecule has 0 atom stereocenters. The Labute approximate surface area is 53.0 Å². The van der Waals surface area contributed by atoms with Crippen molar-refractivity contribution in [3.05, 3.63) is 0 Å². The highest BCUT2D eigenvalue weighted by Gasteiger charge is 1.90. The van der Waals surface area contributed by atoms with E-state index < -0.39 is 4.96 Å². The van der Waals surface area contributed by atoms with Crippen LogP contribution in [0.2, 0.25) is 0 Å². The molecule has 0 aromatic carbocycles. The maximum atomic E-state index is 5.26. The van der Waals surface area contributed by atoms with Crippen LogP contribution in [0, 0.1) is 0 Å². The summed E-state index contributed by atoms with van der Waals surface area (Å²) in [5.41, 5.74) is 5.10. The van der Waals surface area contributed by atoms with Gasteiger partial charge in [-0.05, 0) is 0 Å². The van der Waals surface area contributed by atoms with Gasteiger partial charge in [-0.25, -0.2) is 0 Å². The Bertz CT molecular complexity index is 39.9. The molecular weight excluding hydrogens is 135 g/mol. The molecular formula is C3H8Cl2N2. The van der Waals surface area contributed by atoms with Crippen LogP contribution >= 0.6 is 23.2 Å². The first-order valence-corrected chi connectivity index (χ1v) is 2.86. The van der Waals surface area contributed by atoms with Crippen LogP contribution < -0.4 is 11.1 Å². The minimum Gasteiger partial charge on any atom is -0.329 e. The fourth-order valence-electron chi connectivity index (χ4n) is 0.192. The van der Waals surface area contributed by atoms with Gasteiger partial charge in [-0.2, -0.15) is 0 Å². The zero-order valence-electron chi connectivity index (χ0n) is 3.82. The third-order valence-electron chi connectivity index (χ3n) is 0.443. The van der Waals surface area contributed by atoms with Crippen LogP contribution in [-0.2, 0) is 0 Å². The van der Waals surface area contributed by atoms with Crippen molar-refractivity contribution in [2.24, 2.45) is 5.73 Å². The number of hydrogen-bond donors (Lipinski definition) is 2. The molecule has 0 rings (SSSR count). The minimum absolute atomic E-state index is 0.483. The van der Waals surface area contributed by atoms with Gasteiger partial charge in [0, 0.05) is 13.1 Å². The fraction of sp³-hybridized carbons (Fsp3) is 1.00. The summed E-state index contributed by atoms with van der Waals surface area (Å²) in [6.45, 7) is 1.23. The van der Waals surface area contributed by atoms with Crippen LogP contribution in [-0.4, -0.2) is 18.0 Å². The second kappa shape index (κ2) is 4.65. The molecule has 0 radical (unpaired) electrons. The van der Waals surface area contributed by atoms with Crippen molar-refractivity contribution in [1.82, 2.24) is 5.32 Å². The van der Waals surface area contributed by atoms with Gasteiger partial charge in [0.05, 0.1) is 0 Å². The Balaban J connectivity index is 2.68. The van der Waals surface area contributed by atoms with Crippen LogP contribution in [0.15, 0.2) is 0 Å². The van der Waals surface area contributed by atoms with E-state index in [0.29, 0.717) is 13.1 Å². The smallest absolute Gasteiger partial charge is 0.158 e. The van der Waals surface area contributed by atoms with Crippen LogP contribution in [0.5, 0.6) is 0 Å². The third kappa shape index (κ3) is 6.50. The SMILES string of the molecule is NCCNC(Cl)Cl. The summed E-state index contributed by atoms with van der Waals surface area (Å²) < 4.78 is 0. The average molecular weight is 143 g/mol. The molecule has 2 nitrogen and oxygen atoms in total. The first-order chi connectivity index (χ1) is 3.27. The van der Waals surface area contributed by atoms with Crippen LogP contribution in [0.25, 0.3) is 0 Å². The number of nitrogens with two attached hydrogens (primary N) is 1. The highest BCUT2D eigenvalue weighted by Crippen LogP contribution is 1.92. The molecule has 0 saturated heterocycles. The van der Waals surface area contributed by atoms with E-state index in [2.05, 4.69) is 5.32 Å². The highest BCUT2D eigenvalue weighted by molar-refractivity contribution is 6.43. The molecule has 4 heteroatoms. The predicted octanol–water partition coefficient (Wildman–Crippen LogP) is 0.296. The molecule has 0 unspecified atom stereocenters. The average Bonchev–Trinajstić information content (AvgIpc) is 1.61. The third-order valence-corrected chi connectivity index (χ3v) is 0.752. The van der Waals surface area contributed by atoms with Crippen LogP contribution in [0.3, 0.4) is 0 Å². The van der Waals surface area contributed by atoms with Gasteiger partial charge in [-0.3, -0.25) is 5.32 Å². The number of nitrogens with one attached hydrogen (secondary N) is 1.